The molecule has 1 aliphatic heterocycles. The first-order chi connectivity index (χ1) is 17.6. The number of fused-ring (bicyclic) bond motifs is 1. The molecule has 0 saturated carbocycles. The molecule has 5 aromatic rings. The Balaban J connectivity index is 1.57. The van der Waals surface area contributed by atoms with E-state index < -0.39 is 0 Å². The molecule has 6 rings (SSSR count). The van der Waals surface area contributed by atoms with Gasteiger partial charge in [0.25, 0.3) is 0 Å². The van der Waals surface area contributed by atoms with Gasteiger partial charge in [0, 0.05) is 28.6 Å². The number of hydrogen-bond donors (Lipinski definition) is 0. The molecule has 5 heteroatoms. The summed E-state index contributed by atoms with van der Waals surface area (Å²) in [4.78, 5) is 18.5. The van der Waals surface area contributed by atoms with Gasteiger partial charge in [0.1, 0.15) is 0 Å². The molecule has 0 saturated heterocycles. The van der Waals surface area contributed by atoms with Crippen LogP contribution in [0.15, 0.2) is 107 Å². The molecule has 2 aromatic heterocycles. The normalized spacial score (nSPS) is 15.3. The molecule has 0 radical (unpaired) electrons. The molecule has 1 unspecified atom stereocenters. The zero-order valence-electron chi connectivity index (χ0n) is 20.2. The molecular formula is C31H25N3O2. The second-order valence-corrected chi connectivity index (χ2v) is 9.08. The van der Waals surface area contributed by atoms with Crippen LogP contribution in [-0.4, -0.2) is 21.6 Å². The number of aromatic nitrogens is 1. The van der Waals surface area contributed by atoms with Gasteiger partial charge in [0.15, 0.2) is 5.76 Å². The van der Waals surface area contributed by atoms with Crippen LogP contribution in [0.3, 0.4) is 0 Å². The molecular weight excluding hydrogens is 446 g/mol. The molecule has 0 spiro atoms. The van der Waals surface area contributed by atoms with Crippen molar-refractivity contribution < 1.29 is 9.21 Å². The molecule has 1 aliphatic rings. The van der Waals surface area contributed by atoms with Gasteiger partial charge in [-0.3, -0.25) is 9.78 Å². The molecule has 0 fully saturated rings. The molecule has 0 N–H and O–H groups in total. The number of furan rings is 1. The van der Waals surface area contributed by atoms with E-state index in [1.54, 1.807) is 17.1 Å². The van der Waals surface area contributed by atoms with Gasteiger partial charge in [0.05, 0.1) is 23.5 Å². The third-order valence-electron chi connectivity index (χ3n) is 6.82. The third kappa shape index (κ3) is 3.69. The van der Waals surface area contributed by atoms with Crippen molar-refractivity contribution >= 4 is 22.5 Å². The number of rotatable bonds is 4. The van der Waals surface area contributed by atoms with Gasteiger partial charge in [-0.05, 0) is 48.7 Å². The maximum atomic E-state index is 13.5. The highest BCUT2D eigenvalue weighted by molar-refractivity contribution is 6.14. The van der Waals surface area contributed by atoms with E-state index in [-0.39, 0.29) is 17.7 Å². The number of para-hydroxylation sites is 1. The van der Waals surface area contributed by atoms with E-state index in [4.69, 9.17) is 14.5 Å². The number of aryl methyl sites for hydroxylation is 2. The maximum Gasteiger partial charge on any atom is 0.310 e. The first kappa shape index (κ1) is 22.0. The topological polar surface area (TPSA) is 58.7 Å². The summed E-state index contributed by atoms with van der Waals surface area (Å²) in [5.74, 6) is 0.0196. The van der Waals surface area contributed by atoms with Crippen molar-refractivity contribution in [2.24, 2.45) is 5.10 Å². The summed E-state index contributed by atoms with van der Waals surface area (Å²) >= 11 is 0. The van der Waals surface area contributed by atoms with Gasteiger partial charge in [-0.15, -0.1) is 0 Å². The van der Waals surface area contributed by atoms with E-state index in [0.29, 0.717) is 6.42 Å². The Morgan fingerprint density at radius 3 is 2.39 bits per heavy atom. The fraction of sp³-hybridized carbons (Fsp3) is 0.129. The van der Waals surface area contributed by atoms with Gasteiger partial charge in [-0.25, -0.2) is 5.01 Å². The van der Waals surface area contributed by atoms with Crippen molar-refractivity contribution in [3.05, 3.63) is 125 Å². The monoisotopic (exact) mass is 471 g/mol. The maximum absolute atomic E-state index is 13.5. The number of hydrogen-bond acceptors (Lipinski definition) is 4. The Hall–Kier alpha value is -4.51. The molecule has 0 bridgehead atoms. The van der Waals surface area contributed by atoms with Gasteiger partial charge < -0.3 is 4.42 Å². The lowest BCUT2D eigenvalue weighted by molar-refractivity contribution is 0.0678. The molecule has 176 valence electrons. The van der Waals surface area contributed by atoms with Crippen LogP contribution < -0.4 is 0 Å². The first-order valence-corrected chi connectivity index (χ1v) is 12.1. The number of benzene rings is 3. The summed E-state index contributed by atoms with van der Waals surface area (Å²) < 4.78 is 5.46. The van der Waals surface area contributed by atoms with E-state index >= 15 is 0 Å². The van der Waals surface area contributed by atoms with Gasteiger partial charge in [0.2, 0.25) is 0 Å². The summed E-state index contributed by atoms with van der Waals surface area (Å²) in [5, 5.41) is 7.62. The Morgan fingerprint density at radius 1 is 0.861 bits per heavy atom. The number of hydrazone groups is 1. The standard InChI is InChI=1S/C31H25N3O2/c1-20-11-6-7-14-23(20)27-19-26(33-34(27)31(35)28-17-10-18-36-28)29-21(2)32-25-16-9-8-15-24(25)30(29)22-12-4-3-5-13-22/h3-18,27H,19H2,1-2H3. The van der Waals surface area contributed by atoms with Gasteiger partial charge in [-0.1, -0.05) is 72.8 Å². The summed E-state index contributed by atoms with van der Waals surface area (Å²) in [6, 6.07) is 29.9. The zero-order chi connectivity index (χ0) is 24.6. The predicted molar refractivity (Wildman–Crippen MR) is 142 cm³/mol. The van der Waals surface area contributed by atoms with Crippen molar-refractivity contribution in [2.45, 2.75) is 26.3 Å². The summed E-state index contributed by atoms with van der Waals surface area (Å²) in [6.45, 7) is 4.09. The zero-order valence-corrected chi connectivity index (χ0v) is 20.2. The number of carbonyl (C=O) groups is 1. The number of amides is 1. The summed E-state index contributed by atoms with van der Waals surface area (Å²) in [6.07, 6.45) is 2.10. The van der Waals surface area contributed by atoms with E-state index in [1.165, 1.54) is 6.26 Å². The minimum absolute atomic E-state index is 0.242. The highest BCUT2D eigenvalue weighted by atomic mass is 16.3. The average molecular weight is 472 g/mol. The van der Waals surface area contributed by atoms with E-state index in [0.717, 1.165) is 50.1 Å². The second kappa shape index (κ2) is 8.93. The highest BCUT2D eigenvalue weighted by Gasteiger charge is 2.37. The average Bonchev–Trinajstić information content (AvgIpc) is 3.59. The van der Waals surface area contributed by atoms with Crippen LogP contribution in [-0.2, 0) is 0 Å². The van der Waals surface area contributed by atoms with Crippen molar-refractivity contribution in [1.82, 2.24) is 9.99 Å². The lowest BCUT2D eigenvalue weighted by Gasteiger charge is -2.22. The van der Waals surface area contributed by atoms with Crippen molar-refractivity contribution in [3.8, 4) is 11.1 Å². The Kier molecular flexibility index (Phi) is 5.45. The Bertz CT molecular complexity index is 1600. The predicted octanol–water partition coefficient (Wildman–Crippen LogP) is 7.10. The molecule has 1 atom stereocenters. The lowest BCUT2D eigenvalue weighted by Crippen LogP contribution is -2.27. The van der Waals surface area contributed by atoms with Crippen molar-refractivity contribution in [1.29, 1.82) is 0 Å². The van der Waals surface area contributed by atoms with E-state index in [9.17, 15) is 4.79 Å². The van der Waals surface area contributed by atoms with Gasteiger partial charge in [-0.2, -0.15) is 5.10 Å². The number of carbonyl (C=O) groups excluding carboxylic acids is 1. The van der Waals surface area contributed by atoms with E-state index in [1.807, 2.05) is 55.5 Å². The molecule has 3 aromatic carbocycles. The largest absolute Gasteiger partial charge is 0.459 e. The van der Waals surface area contributed by atoms with Crippen LogP contribution in [0.5, 0.6) is 0 Å². The van der Waals surface area contributed by atoms with Crippen LogP contribution in [0.25, 0.3) is 22.0 Å². The Labute approximate surface area is 209 Å². The molecule has 36 heavy (non-hydrogen) atoms. The van der Waals surface area contributed by atoms with Crippen LogP contribution in [0.1, 0.15) is 45.4 Å². The molecule has 5 nitrogen and oxygen atoms in total. The third-order valence-corrected chi connectivity index (χ3v) is 6.82. The Morgan fingerprint density at radius 2 is 1.61 bits per heavy atom. The second-order valence-electron chi connectivity index (χ2n) is 9.08. The SMILES string of the molecule is Cc1ccccc1C1CC(c2c(C)nc3ccccc3c2-c2ccccc2)=NN1C(=O)c1ccco1. The first-order valence-electron chi connectivity index (χ1n) is 12.1. The summed E-state index contributed by atoms with van der Waals surface area (Å²) in [7, 11) is 0. The smallest absolute Gasteiger partial charge is 0.310 e. The molecule has 1 amide bonds. The quantitative estimate of drug-likeness (QED) is 0.281. The number of nitrogens with zero attached hydrogens (tertiary/aromatic N) is 3. The van der Waals surface area contributed by atoms with Crippen LogP contribution in [0, 0.1) is 13.8 Å². The van der Waals surface area contributed by atoms with Gasteiger partial charge >= 0.3 is 5.91 Å². The fourth-order valence-corrected chi connectivity index (χ4v) is 5.16. The van der Waals surface area contributed by atoms with Crippen LogP contribution in [0.4, 0.5) is 0 Å². The highest BCUT2D eigenvalue weighted by Crippen LogP contribution is 2.40. The minimum atomic E-state index is -0.254. The molecule has 0 aliphatic carbocycles. The molecule has 3 heterocycles. The fourth-order valence-electron chi connectivity index (χ4n) is 5.16. The number of pyridine rings is 1. The van der Waals surface area contributed by atoms with E-state index in [2.05, 4.69) is 37.3 Å². The van der Waals surface area contributed by atoms with Crippen LogP contribution in [0.2, 0.25) is 0 Å². The lowest BCUT2D eigenvalue weighted by atomic mass is 9.88. The van der Waals surface area contributed by atoms with Crippen molar-refractivity contribution in [2.75, 3.05) is 0 Å². The minimum Gasteiger partial charge on any atom is -0.459 e. The van der Waals surface area contributed by atoms with Crippen molar-refractivity contribution in [3.63, 3.8) is 0 Å². The van der Waals surface area contributed by atoms with Crippen LogP contribution >= 0.6 is 0 Å². The summed E-state index contributed by atoms with van der Waals surface area (Å²) in [5.41, 5.74) is 8.04.